The molecule has 0 aliphatic rings. The molecule has 18 N–H and O–H groups in total. The average Bonchev–Trinajstić information content (AvgIpc) is 2.86. The first kappa shape index (κ1) is 39.6. The monoisotopic (exact) mass is 664 g/mol. The lowest BCUT2D eigenvalue weighted by Gasteiger charge is -2.25. The van der Waals surface area contributed by atoms with E-state index in [-0.39, 0.29) is 44.7 Å². The number of carbonyl (C=O) groups is 4. The molecule has 0 unspecified atom stereocenters. The molecular formula is C18H38N10O13P2. The minimum absolute atomic E-state index is 0.0341. The summed E-state index contributed by atoms with van der Waals surface area (Å²) >= 11 is 0. The molecule has 0 aliphatic carbocycles. The number of rotatable bonds is 21. The Morgan fingerprint density at radius 2 is 1.09 bits per heavy atom. The van der Waals surface area contributed by atoms with Crippen LogP contribution < -0.4 is 43.8 Å². The van der Waals surface area contributed by atoms with Gasteiger partial charge in [0.2, 0.25) is 17.7 Å². The second-order valence-corrected chi connectivity index (χ2v) is 11.1. The Kier molecular flexibility index (Phi) is 17.5. The lowest BCUT2D eigenvalue weighted by molar-refractivity contribution is -0.142. The van der Waals surface area contributed by atoms with Crippen molar-refractivity contribution in [3.05, 3.63) is 0 Å². The van der Waals surface area contributed by atoms with Crippen LogP contribution in [0.25, 0.3) is 0 Å². The van der Waals surface area contributed by atoms with Crippen molar-refractivity contribution in [3.8, 4) is 0 Å². The second kappa shape index (κ2) is 19.0. The summed E-state index contributed by atoms with van der Waals surface area (Å²) in [6, 6.07) is -6.65. The highest BCUT2D eigenvalue weighted by Crippen LogP contribution is 2.36. The minimum atomic E-state index is -5.19. The second-order valence-electron chi connectivity index (χ2n) is 8.67. The van der Waals surface area contributed by atoms with Gasteiger partial charge in [-0.2, -0.15) is 0 Å². The lowest BCUT2D eigenvalue weighted by atomic mass is 10.1. The Morgan fingerprint density at radius 1 is 0.698 bits per heavy atom. The maximum atomic E-state index is 13.1. The third-order valence-electron chi connectivity index (χ3n) is 5.02. The van der Waals surface area contributed by atoms with Gasteiger partial charge in [0.1, 0.15) is 24.2 Å². The molecule has 23 nitrogen and oxygen atoms in total. The molecule has 0 aliphatic heterocycles. The molecule has 0 aromatic heterocycles. The fraction of sp³-hybridized carbons (Fsp3) is 0.667. The van der Waals surface area contributed by atoms with Crippen molar-refractivity contribution >= 4 is 51.3 Å². The topological polar surface area (TPSA) is 408 Å². The summed E-state index contributed by atoms with van der Waals surface area (Å²) in [6.07, 6.45) is -0.213. The van der Waals surface area contributed by atoms with Gasteiger partial charge in [0.25, 0.3) is 0 Å². The molecule has 0 saturated carbocycles. The van der Waals surface area contributed by atoms with Crippen LogP contribution in [0.2, 0.25) is 0 Å². The van der Waals surface area contributed by atoms with Gasteiger partial charge < -0.3 is 68.5 Å². The third-order valence-corrected chi connectivity index (χ3v) is 5.99. The van der Waals surface area contributed by atoms with Crippen LogP contribution in [0.15, 0.2) is 0 Å². The molecule has 3 amide bonds. The van der Waals surface area contributed by atoms with Crippen LogP contribution in [0.3, 0.4) is 0 Å². The lowest BCUT2D eigenvalue weighted by Crippen LogP contribution is -2.58. The normalized spacial score (nSPS) is 14.3. The molecular weight excluding hydrogens is 626 g/mol. The number of hydrogen-bond acceptors (Lipinski definition) is 11. The van der Waals surface area contributed by atoms with E-state index in [2.05, 4.69) is 35.6 Å². The smallest absolute Gasteiger partial charge is 0.469 e. The molecule has 25 heteroatoms. The maximum Gasteiger partial charge on any atom is 0.469 e. The van der Waals surface area contributed by atoms with Crippen molar-refractivity contribution in [2.75, 3.05) is 26.3 Å². The molecule has 0 fully saturated rings. The number of nitrogens with one attached hydrogen (secondary N) is 7. The molecule has 43 heavy (non-hydrogen) atoms. The standard InChI is InChI=1S/C18H38N10O13P2/c19-9(7-40-42(34,35)36)13(29)26-10(3-1-5-24-17(20)21)14(30)28-12(8-41-43(37,38)39)15(31)27-11(16(32)33)4-2-6-25-18(22)23/h9-12H,1-8,19H2,(H,26,29)(H,27,31)(H,28,30)(H,32,33)(H4,20,21,24)(H4,22,23,25)(H2,34,35,36)(H2,37,38,39)/t9-,10-,11-,12-/m0/s1. The van der Waals surface area contributed by atoms with E-state index in [9.17, 15) is 33.4 Å². The average molecular weight is 665 g/mol. The molecule has 0 aromatic carbocycles. The SMILES string of the molecule is N=C(N)NCCC[C@H](NC(=O)[C@H](COP(=O)(O)O)NC(=O)[C@H](CCCNC(=N)N)NC(=O)[C@@H](N)COP(=O)(O)O)C(=O)O. The summed E-state index contributed by atoms with van der Waals surface area (Å²) in [7, 11) is -10.2. The van der Waals surface area contributed by atoms with Crippen molar-refractivity contribution < 1.29 is 62.0 Å². The first-order valence-electron chi connectivity index (χ1n) is 12.2. The van der Waals surface area contributed by atoms with E-state index in [1.54, 1.807) is 0 Å². The van der Waals surface area contributed by atoms with Gasteiger partial charge in [-0.3, -0.25) is 34.2 Å². The summed E-state index contributed by atoms with van der Waals surface area (Å²) < 4.78 is 30.6. The third kappa shape index (κ3) is 20.2. The van der Waals surface area contributed by atoms with Gasteiger partial charge in [0, 0.05) is 13.1 Å². The van der Waals surface area contributed by atoms with Crippen LogP contribution in [0.4, 0.5) is 0 Å². The predicted molar refractivity (Wildman–Crippen MR) is 146 cm³/mol. The zero-order valence-electron chi connectivity index (χ0n) is 22.6. The summed E-state index contributed by atoms with van der Waals surface area (Å²) in [5.41, 5.74) is 15.9. The van der Waals surface area contributed by atoms with Crippen LogP contribution >= 0.6 is 15.6 Å². The number of phosphoric acid groups is 2. The van der Waals surface area contributed by atoms with Gasteiger partial charge in [-0.1, -0.05) is 0 Å². The van der Waals surface area contributed by atoms with E-state index in [0.29, 0.717) is 0 Å². The number of nitrogens with two attached hydrogens (primary N) is 3. The van der Waals surface area contributed by atoms with Crippen molar-refractivity contribution in [2.45, 2.75) is 49.9 Å². The van der Waals surface area contributed by atoms with Crippen molar-refractivity contribution in [3.63, 3.8) is 0 Å². The fourth-order valence-corrected chi connectivity index (χ4v) is 3.71. The molecule has 0 aromatic rings. The first-order chi connectivity index (χ1) is 19.7. The van der Waals surface area contributed by atoms with Gasteiger partial charge in [-0.25, -0.2) is 13.9 Å². The maximum absolute atomic E-state index is 13.1. The number of carboxylic acids is 1. The first-order valence-corrected chi connectivity index (χ1v) is 15.2. The molecule has 4 atom stereocenters. The van der Waals surface area contributed by atoms with E-state index in [0.717, 1.165) is 0 Å². The highest BCUT2D eigenvalue weighted by atomic mass is 31.2. The van der Waals surface area contributed by atoms with E-state index in [4.69, 9.17) is 47.6 Å². The molecule has 0 spiro atoms. The zero-order chi connectivity index (χ0) is 33.4. The van der Waals surface area contributed by atoms with E-state index in [1.165, 1.54) is 0 Å². The summed E-state index contributed by atoms with van der Waals surface area (Å²) in [5, 5.41) is 35.0. The molecule has 0 saturated heterocycles. The van der Waals surface area contributed by atoms with Gasteiger partial charge in [0.05, 0.1) is 13.2 Å². The van der Waals surface area contributed by atoms with Crippen molar-refractivity contribution in [1.82, 2.24) is 26.6 Å². The number of carbonyl (C=O) groups excluding carboxylic acids is 3. The Labute approximate surface area is 244 Å². The fourth-order valence-electron chi connectivity index (χ4n) is 3.02. The summed E-state index contributed by atoms with van der Waals surface area (Å²) in [6.45, 7) is -1.97. The number of guanidine groups is 2. The Hall–Kier alpha value is -3.40. The molecule has 0 rings (SSSR count). The van der Waals surface area contributed by atoms with Gasteiger partial charge in [-0.15, -0.1) is 0 Å². The summed E-state index contributed by atoms with van der Waals surface area (Å²) in [4.78, 5) is 85.8. The quantitative estimate of drug-likeness (QED) is 0.0235. The van der Waals surface area contributed by atoms with Crippen LogP contribution in [0.1, 0.15) is 25.7 Å². The molecule has 0 radical (unpaired) electrons. The minimum Gasteiger partial charge on any atom is -0.480 e. The number of hydrogen-bond donors (Lipinski definition) is 15. The Bertz CT molecular complexity index is 1090. The van der Waals surface area contributed by atoms with Crippen molar-refractivity contribution in [1.29, 1.82) is 10.8 Å². The van der Waals surface area contributed by atoms with E-state index in [1.807, 2.05) is 0 Å². The number of phosphoric ester groups is 2. The number of amides is 3. The highest BCUT2D eigenvalue weighted by Gasteiger charge is 2.32. The molecule has 0 bridgehead atoms. The summed E-state index contributed by atoms with van der Waals surface area (Å²) in [5.74, 6) is -5.76. The number of carboxylic acid groups (broad SMARTS) is 1. The Morgan fingerprint density at radius 3 is 1.53 bits per heavy atom. The van der Waals surface area contributed by atoms with Gasteiger partial charge >= 0.3 is 21.6 Å². The number of aliphatic carboxylic acids is 1. The van der Waals surface area contributed by atoms with Crippen LogP contribution in [0.5, 0.6) is 0 Å². The predicted octanol–water partition coefficient (Wildman–Crippen LogP) is -5.40. The Balaban J connectivity index is 5.79. The van der Waals surface area contributed by atoms with E-state index < -0.39 is 82.7 Å². The van der Waals surface area contributed by atoms with E-state index >= 15 is 0 Å². The van der Waals surface area contributed by atoms with Gasteiger partial charge in [-0.05, 0) is 25.7 Å². The van der Waals surface area contributed by atoms with Gasteiger partial charge in [0.15, 0.2) is 11.9 Å². The van der Waals surface area contributed by atoms with Crippen molar-refractivity contribution in [2.24, 2.45) is 17.2 Å². The largest absolute Gasteiger partial charge is 0.480 e. The zero-order valence-corrected chi connectivity index (χ0v) is 24.4. The highest BCUT2D eigenvalue weighted by molar-refractivity contribution is 7.46. The van der Waals surface area contributed by atoms with Crippen LogP contribution in [0, 0.1) is 10.8 Å². The molecule has 0 heterocycles. The van der Waals surface area contributed by atoms with Crippen LogP contribution in [-0.4, -0.2) is 111 Å². The molecule has 248 valence electrons. The van der Waals surface area contributed by atoms with Crippen LogP contribution in [-0.2, 0) is 37.4 Å².